The Labute approximate surface area is 92.5 Å². The fourth-order valence-electron chi connectivity index (χ4n) is 1.58. The van der Waals surface area contributed by atoms with Crippen LogP contribution in [0.25, 0.3) is 10.9 Å². The zero-order valence-electron chi connectivity index (χ0n) is 8.07. The summed E-state index contributed by atoms with van der Waals surface area (Å²) >= 11 is 5.87. The minimum atomic E-state index is 0.303. The fraction of sp³-hybridized carbons (Fsp3) is 0.273. The Balaban J connectivity index is 2.16. The standard InChI is InChI=1S/C11H10ClN3/c12-11-14-9-4-2-1-3-8(9)10(15-11)13-7-5-6-7/h1-4,7H,5-6H2,(H,13,14,15). The van der Waals surface area contributed by atoms with Gasteiger partial charge in [-0.1, -0.05) is 12.1 Å². The number of anilines is 1. The Bertz CT molecular complexity index is 508. The molecule has 2 aromatic rings. The summed E-state index contributed by atoms with van der Waals surface area (Å²) in [6, 6.07) is 8.46. The van der Waals surface area contributed by atoms with E-state index in [1.54, 1.807) is 0 Å². The van der Waals surface area contributed by atoms with Gasteiger partial charge in [-0.3, -0.25) is 0 Å². The number of rotatable bonds is 2. The van der Waals surface area contributed by atoms with Gasteiger partial charge in [-0.25, -0.2) is 9.97 Å². The molecule has 0 atom stereocenters. The predicted octanol–water partition coefficient (Wildman–Crippen LogP) is 2.86. The lowest BCUT2D eigenvalue weighted by Gasteiger charge is -2.07. The smallest absolute Gasteiger partial charge is 0.224 e. The Hall–Kier alpha value is -1.35. The van der Waals surface area contributed by atoms with Gasteiger partial charge in [-0.15, -0.1) is 0 Å². The van der Waals surface area contributed by atoms with Gasteiger partial charge in [-0.2, -0.15) is 0 Å². The second-order valence-electron chi connectivity index (χ2n) is 3.78. The summed E-state index contributed by atoms with van der Waals surface area (Å²) in [5.41, 5.74) is 0.889. The molecular weight excluding hydrogens is 210 g/mol. The van der Waals surface area contributed by atoms with E-state index in [0.29, 0.717) is 11.3 Å². The molecule has 1 aromatic heterocycles. The van der Waals surface area contributed by atoms with E-state index in [1.807, 2.05) is 24.3 Å². The maximum atomic E-state index is 5.87. The highest BCUT2D eigenvalue weighted by Gasteiger charge is 2.22. The Morgan fingerprint density at radius 1 is 1.20 bits per heavy atom. The van der Waals surface area contributed by atoms with Gasteiger partial charge in [0, 0.05) is 11.4 Å². The first-order valence-corrected chi connectivity index (χ1v) is 5.39. The number of nitrogens with one attached hydrogen (secondary N) is 1. The van der Waals surface area contributed by atoms with Crippen molar-refractivity contribution in [3.8, 4) is 0 Å². The third-order valence-corrected chi connectivity index (χ3v) is 2.66. The molecular formula is C11H10ClN3. The van der Waals surface area contributed by atoms with Crippen molar-refractivity contribution in [2.24, 2.45) is 0 Å². The van der Waals surface area contributed by atoms with Crippen molar-refractivity contribution in [1.82, 2.24) is 9.97 Å². The SMILES string of the molecule is Clc1nc(NC2CC2)c2ccccc2n1. The molecule has 4 heteroatoms. The van der Waals surface area contributed by atoms with Crippen LogP contribution in [-0.2, 0) is 0 Å². The molecule has 0 saturated heterocycles. The van der Waals surface area contributed by atoms with Crippen LogP contribution in [-0.4, -0.2) is 16.0 Å². The number of hydrogen-bond donors (Lipinski definition) is 1. The van der Waals surface area contributed by atoms with E-state index >= 15 is 0 Å². The zero-order valence-corrected chi connectivity index (χ0v) is 8.83. The number of para-hydroxylation sites is 1. The Morgan fingerprint density at radius 3 is 2.80 bits per heavy atom. The van der Waals surface area contributed by atoms with Gasteiger partial charge in [0.1, 0.15) is 5.82 Å². The normalized spacial score (nSPS) is 15.5. The highest BCUT2D eigenvalue weighted by atomic mass is 35.5. The summed E-state index contributed by atoms with van der Waals surface area (Å²) < 4.78 is 0. The third-order valence-electron chi connectivity index (χ3n) is 2.49. The number of halogens is 1. The highest BCUT2D eigenvalue weighted by molar-refractivity contribution is 6.28. The van der Waals surface area contributed by atoms with Gasteiger partial charge in [-0.05, 0) is 36.6 Å². The lowest BCUT2D eigenvalue weighted by atomic mass is 10.2. The van der Waals surface area contributed by atoms with E-state index in [9.17, 15) is 0 Å². The maximum Gasteiger partial charge on any atom is 0.224 e. The molecule has 1 heterocycles. The van der Waals surface area contributed by atoms with Gasteiger partial charge >= 0.3 is 0 Å². The molecule has 15 heavy (non-hydrogen) atoms. The number of fused-ring (bicyclic) bond motifs is 1. The van der Waals surface area contributed by atoms with Crippen molar-refractivity contribution in [2.45, 2.75) is 18.9 Å². The van der Waals surface area contributed by atoms with Crippen LogP contribution >= 0.6 is 11.6 Å². The van der Waals surface area contributed by atoms with Gasteiger partial charge in [0.15, 0.2) is 0 Å². The lowest BCUT2D eigenvalue weighted by Crippen LogP contribution is -2.04. The molecule has 76 valence electrons. The maximum absolute atomic E-state index is 5.87. The molecule has 0 spiro atoms. The molecule has 0 amide bonds. The molecule has 1 aromatic carbocycles. The van der Waals surface area contributed by atoms with E-state index in [2.05, 4.69) is 15.3 Å². The van der Waals surface area contributed by atoms with Gasteiger partial charge in [0.2, 0.25) is 5.28 Å². The fourth-order valence-corrected chi connectivity index (χ4v) is 1.75. The van der Waals surface area contributed by atoms with Crippen molar-refractivity contribution in [2.75, 3.05) is 5.32 Å². The monoisotopic (exact) mass is 219 g/mol. The van der Waals surface area contributed by atoms with E-state index in [0.717, 1.165) is 16.7 Å². The predicted molar refractivity (Wildman–Crippen MR) is 61.2 cm³/mol. The minimum Gasteiger partial charge on any atom is -0.367 e. The summed E-state index contributed by atoms with van der Waals surface area (Å²) in [7, 11) is 0. The quantitative estimate of drug-likeness (QED) is 0.790. The molecule has 1 aliphatic carbocycles. The first-order chi connectivity index (χ1) is 7.33. The molecule has 3 nitrogen and oxygen atoms in total. The summed E-state index contributed by atoms with van der Waals surface area (Å²) in [5.74, 6) is 0.855. The van der Waals surface area contributed by atoms with Crippen LogP contribution in [0.15, 0.2) is 24.3 Å². The number of benzene rings is 1. The van der Waals surface area contributed by atoms with Crippen molar-refractivity contribution >= 4 is 28.3 Å². The number of aromatic nitrogens is 2. The molecule has 0 unspecified atom stereocenters. The van der Waals surface area contributed by atoms with Crippen LogP contribution in [0.3, 0.4) is 0 Å². The zero-order chi connectivity index (χ0) is 10.3. The van der Waals surface area contributed by atoms with E-state index in [1.165, 1.54) is 12.8 Å². The molecule has 1 saturated carbocycles. The third kappa shape index (κ3) is 1.75. The van der Waals surface area contributed by atoms with E-state index in [-0.39, 0.29) is 0 Å². The van der Waals surface area contributed by atoms with Crippen LogP contribution in [0.5, 0.6) is 0 Å². The van der Waals surface area contributed by atoms with Gasteiger partial charge in [0.25, 0.3) is 0 Å². The first-order valence-electron chi connectivity index (χ1n) is 5.02. The Morgan fingerprint density at radius 2 is 2.00 bits per heavy atom. The number of nitrogens with zero attached hydrogens (tertiary/aromatic N) is 2. The molecule has 1 fully saturated rings. The molecule has 1 aliphatic rings. The van der Waals surface area contributed by atoms with Crippen molar-refractivity contribution in [3.05, 3.63) is 29.5 Å². The summed E-state index contributed by atoms with van der Waals surface area (Å²) in [4.78, 5) is 8.40. The summed E-state index contributed by atoms with van der Waals surface area (Å²) in [5, 5.41) is 4.70. The lowest BCUT2D eigenvalue weighted by molar-refractivity contribution is 1.10. The van der Waals surface area contributed by atoms with Crippen LogP contribution in [0.4, 0.5) is 5.82 Å². The van der Waals surface area contributed by atoms with Gasteiger partial charge < -0.3 is 5.32 Å². The van der Waals surface area contributed by atoms with Crippen molar-refractivity contribution < 1.29 is 0 Å². The molecule has 3 rings (SSSR count). The van der Waals surface area contributed by atoms with Crippen LogP contribution in [0, 0.1) is 0 Å². The Kier molecular flexibility index (Phi) is 1.99. The second kappa shape index (κ2) is 3.35. The summed E-state index contributed by atoms with van der Waals surface area (Å²) in [6.07, 6.45) is 2.44. The van der Waals surface area contributed by atoms with Crippen molar-refractivity contribution in [3.63, 3.8) is 0 Å². The molecule has 0 aliphatic heterocycles. The average Bonchev–Trinajstić information content (AvgIpc) is 3.01. The second-order valence-corrected chi connectivity index (χ2v) is 4.12. The van der Waals surface area contributed by atoms with Crippen LogP contribution in [0.1, 0.15) is 12.8 Å². The number of hydrogen-bond acceptors (Lipinski definition) is 3. The van der Waals surface area contributed by atoms with E-state index in [4.69, 9.17) is 11.6 Å². The highest BCUT2D eigenvalue weighted by Crippen LogP contribution is 2.28. The minimum absolute atomic E-state index is 0.303. The molecule has 1 N–H and O–H groups in total. The first kappa shape index (κ1) is 8.92. The topological polar surface area (TPSA) is 37.8 Å². The molecule has 0 radical (unpaired) electrons. The van der Waals surface area contributed by atoms with Crippen LogP contribution in [0.2, 0.25) is 5.28 Å². The summed E-state index contributed by atoms with van der Waals surface area (Å²) in [6.45, 7) is 0. The van der Waals surface area contributed by atoms with Crippen molar-refractivity contribution in [1.29, 1.82) is 0 Å². The largest absolute Gasteiger partial charge is 0.367 e. The van der Waals surface area contributed by atoms with Crippen LogP contribution < -0.4 is 5.32 Å². The average molecular weight is 220 g/mol. The van der Waals surface area contributed by atoms with Gasteiger partial charge in [0.05, 0.1) is 5.52 Å². The van der Waals surface area contributed by atoms with E-state index < -0.39 is 0 Å². The molecule has 0 bridgehead atoms.